The van der Waals surface area contributed by atoms with Crippen LogP contribution in [-0.2, 0) is 6.42 Å². The zero-order chi connectivity index (χ0) is 12.5. The average Bonchev–Trinajstić information content (AvgIpc) is 2.83. The lowest BCUT2D eigenvalue weighted by molar-refractivity contribution is 0.209. The van der Waals surface area contributed by atoms with Crippen LogP contribution >= 0.6 is 11.3 Å². The van der Waals surface area contributed by atoms with Gasteiger partial charge in [0.05, 0.1) is 6.61 Å². The molecule has 0 amide bonds. The summed E-state index contributed by atoms with van der Waals surface area (Å²) in [4.78, 5) is 1.01. The Labute approximate surface area is 111 Å². The van der Waals surface area contributed by atoms with Crippen LogP contribution in [-0.4, -0.2) is 11.7 Å². The van der Waals surface area contributed by atoms with Crippen molar-refractivity contribution < 1.29 is 9.84 Å². The number of thiophene rings is 1. The Kier molecular flexibility index (Phi) is 3.10. The first-order valence-electron chi connectivity index (χ1n) is 6.24. The second-order valence-electron chi connectivity index (χ2n) is 4.66. The monoisotopic (exact) mass is 260 g/mol. The van der Waals surface area contributed by atoms with E-state index in [4.69, 9.17) is 4.74 Å². The van der Waals surface area contributed by atoms with Crippen molar-refractivity contribution in [3.8, 4) is 5.75 Å². The Morgan fingerprint density at radius 1 is 1.33 bits per heavy atom. The molecule has 1 aliphatic rings. The van der Waals surface area contributed by atoms with Crippen molar-refractivity contribution in [3.63, 3.8) is 0 Å². The molecule has 1 aliphatic heterocycles. The molecule has 0 fully saturated rings. The summed E-state index contributed by atoms with van der Waals surface area (Å²) >= 11 is 1.60. The fraction of sp³-hybridized carbons (Fsp3) is 0.333. The Bertz CT molecular complexity index is 559. The summed E-state index contributed by atoms with van der Waals surface area (Å²) in [5.41, 5.74) is 3.26. The standard InChI is InChI=1S/C15H16O2S/c1-10-7-9-18-15(10)13(16)12-6-2-4-11-5-3-8-17-14(11)12/h2,4,6-7,9,13,16H,3,5,8H2,1H3. The average molecular weight is 260 g/mol. The molecule has 2 nitrogen and oxygen atoms in total. The van der Waals surface area contributed by atoms with Gasteiger partial charge in [0.25, 0.3) is 0 Å². The van der Waals surface area contributed by atoms with E-state index in [2.05, 4.69) is 6.07 Å². The smallest absolute Gasteiger partial charge is 0.128 e. The summed E-state index contributed by atoms with van der Waals surface area (Å²) in [6.07, 6.45) is 1.53. The number of aryl methyl sites for hydroxylation is 2. The first-order chi connectivity index (χ1) is 8.77. The number of hydrogen-bond acceptors (Lipinski definition) is 3. The molecule has 0 aliphatic carbocycles. The molecule has 0 saturated heterocycles. The SMILES string of the molecule is Cc1ccsc1C(O)c1cccc2c1OCCC2. The van der Waals surface area contributed by atoms with Gasteiger partial charge < -0.3 is 9.84 Å². The molecule has 0 bridgehead atoms. The zero-order valence-electron chi connectivity index (χ0n) is 10.3. The van der Waals surface area contributed by atoms with Gasteiger partial charge >= 0.3 is 0 Å². The molecule has 0 radical (unpaired) electrons. The van der Waals surface area contributed by atoms with Gasteiger partial charge in [0.2, 0.25) is 0 Å². The Balaban J connectivity index is 2.04. The van der Waals surface area contributed by atoms with E-state index >= 15 is 0 Å². The van der Waals surface area contributed by atoms with Crippen LogP contribution in [0.2, 0.25) is 0 Å². The number of rotatable bonds is 2. The predicted molar refractivity (Wildman–Crippen MR) is 73.4 cm³/mol. The summed E-state index contributed by atoms with van der Waals surface area (Å²) in [6.45, 7) is 2.78. The van der Waals surface area contributed by atoms with Gasteiger partial charge in [-0.1, -0.05) is 18.2 Å². The van der Waals surface area contributed by atoms with Crippen molar-refractivity contribution >= 4 is 11.3 Å². The molecule has 1 aromatic heterocycles. The van der Waals surface area contributed by atoms with Crippen LogP contribution in [0.1, 0.15) is 34.1 Å². The van der Waals surface area contributed by atoms with Crippen molar-refractivity contribution in [2.45, 2.75) is 25.9 Å². The Hall–Kier alpha value is -1.32. The highest BCUT2D eigenvalue weighted by Gasteiger charge is 2.22. The van der Waals surface area contributed by atoms with Crippen LogP contribution in [0.3, 0.4) is 0 Å². The Morgan fingerprint density at radius 2 is 2.22 bits per heavy atom. The number of fused-ring (bicyclic) bond motifs is 1. The molecule has 2 heterocycles. The summed E-state index contributed by atoms with van der Waals surface area (Å²) in [6, 6.07) is 8.11. The van der Waals surface area contributed by atoms with Gasteiger partial charge in [0.1, 0.15) is 11.9 Å². The highest BCUT2D eigenvalue weighted by atomic mass is 32.1. The topological polar surface area (TPSA) is 29.5 Å². The molecular formula is C15H16O2S. The number of hydrogen-bond donors (Lipinski definition) is 1. The van der Waals surface area contributed by atoms with Crippen molar-refractivity contribution in [1.29, 1.82) is 0 Å². The summed E-state index contributed by atoms with van der Waals surface area (Å²) < 4.78 is 5.76. The van der Waals surface area contributed by atoms with Crippen molar-refractivity contribution in [2.24, 2.45) is 0 Å². The van der Waals surface area contributed by atoms with Gasteiger partial charge in [-0.15, -0.1) is 11.3 Å². The molecule has 1 atom stereocenters. The van der Waals surface area contributed by atoms with E-state index in [0.717, 1.165) is 41.2 Å². The molecule has 94 valence electrons. The van der Waals surface area contributed by atoms with Crippen LogP contribution in [0.15, 0.2) is 29.6 Å². The van der Waals surface area contributed by atoms with Gasteiger partial charge in [0.15, 0.2) is 0 Å². The van der Waals surface area contributed by atoms with Crippen LogP contribution in [0.5, 0.6) is 5.75 Å². The van der Waals surface area contributed by atoms with Gasteiger partial charge in [-0.2, -0.15) is 0 Å². The van der Waals surface area contributed by atoms with E-state index in [-0.39, 0.29) is 0 Å². The molecule has 2 aromatic rings. The molecule has 1 N–H and O–H groups in total. The molecule has 3 heteroatoms. The van der Waals surface area contributed by atoms with Gasteiger partial charge in [-0.05, 0) is 42.3 Å². The lowest BCUT2D eigenvalue weighted by Gasteiger charge is -2.22. The van der Waals surface area contributed by atoms with Crippen LogP contribution in [0.4, 0.5) is 0 Å². The summed E-state index contributed by atoms with van der Waals surface area (Å²) in [5.74, 6) is 0.893. The van der Waals surface area contributed by atoms with Crippen LogP contribution in [0.25, 0.3) is 0 Å². The molecule has 18 heavy (non-hydrogen) atoms. The van der Waals surface area contributed by atoms with Crippen molar-refractivity contribution in [3.05, 3.63) is 51.2 Å². The molecule has 1 aromatic carbocycles. The first kappa shape index (κ1) is 11.8. The maximum absolute atomic E-state index is 10.5. The molecular weight excluding hydrogens is 244 g/mol. The number of para-hydroxylation sites is 1. The largest absolute Gasteiger partial charge is 0.493 e. The van der Waals surface area contributed by atoms with Gasteiger partial charge in [-0.3, -0.25) is 0 Å². The highest BCUT2D eigenvalue weighted by molar-refractivity contribution is 7.10. The molecule has 0 saturated carbocycles. The van der Waals surface area contributed by atoms with E-state index in [0.29, 0.717) is 0 Å². The maximum Gasteiger partial charge on any atom is 0.128 e. The third kappa shape index (κ3) is 1.93. The van der Waals surface area contributed by atoms with E-state index in [1.165, 1.54) is 5.56 Å². The highest BCUT2D eigenvalue weighted by Crippen LogP contribution is 2.37. The minimum Gasteiger partial charge on any atom is -0.493 e. The first-order valence-corrected chi connectivity index (χ1v) is 7.12. The van der Waals surface area contributed by atoms with Crippen LogP contribution < -0.4 is 4.74 Å². The minimum absolute atomic E-state index is 0.571. The lowest BCUT2D eigenvalue weighted by atomic mass is 9.98. The fourth-order valence-corrected chi connectivity index (χ4v) is 3.36. The molecule has 1 unspecified atom stereocenters. The van der Waals surface area contributed by atoms with Crippen LogP contribution in [0, 0.1) is 6.92 Å². The molecule has 0 spiro atoms. The van der Waals surface area contributed by atoms with Crippen molar-refractivity contribution in [2.75, 3.05) is 6.61 Å². The van der Waals surface area contributed by atoms with E-state index in [9.17, 15) is 5.11 Å². The molecule has 3 rings (SSSR count). The number of aliphatic hydroxyl groups excluding tert-OH is 1. The van der Waals surface area contributed by atoms with Crippen molar-refractivity contribution in [1.82, 2.24) is 0 Å². The predicted octanol–water partition coefficient (Wildman–Crippen LogP) is 3.46. The lowest BCUT2D eigenvalue weighted by Crippen LogP contribution is -2.12. The zero-order valence-corrected chi connectivity index (χ0v) is 11.2. The summed E-state index contributed by atoms with van der Waals surface area (Å²) in [7, 11) is 0. The van der Waals surface area contributed by atoms with Gasteiger partial charge in [-0.25, -0.2) is 0 Å². The maximum atomic E-state index is 10.5. The number of aliphatic hydroxyl groups is 1. The number of benzene rings is 1. The van der Waals surface area contributed by atoms with Gasteiger partial charge in [0, 0.05) is 10.4 Å². The van der Waals surface area contributed by atoms with E-state index < -0.39 is 6.10 Å². The third-order valence-electron chi connectivity index (χ3n) is 3.41. The quantitative estimate of drug-likeness (QED) is 0.896. The second-order valence-corrected chi connectivity index (χ2v) is 5.61. The fourth-order valence-electron chi connectivity index (χ4n) is 2.44. The Morgan fingerprint density at radius 3 is 3.00 bits per heavy atom. The van der Waals surface area contributed by atoms with E-state index in [1.807, 2.05) is 30.5 Å². The normalized spacial score (nSPS) is 15.9. The number of ether oxygens (including phenoxy) is 1. The summed E-state index contributed by atoms with van der Waals surface area (Å²) in [5, 5.41) is 12.6. The van der Waals surface area contributed by atoms with E-state index in [1.54, 1.807) is 11.3 Å². The third-order valence-corrected chi connectivity index (χ3v) is 4.48. The second kappa shape index (κ2) is 4.75. The minimum atomic E-state index is -0.571.